The average Bonchev–Trinajstić information content (AvgIpc) is 3.17. The van der Waals surface area contributed by atoms with Crippen LogP contribution in [0.1, 0.15) is 47.5 Å². The third-order valence-electron chi connectivity index (χ3n) is 4.81. The van der Waals surface area contributed by atoms with Crippen molar-refractivity contribution in [1.29, 1.82) is 0 Å². The number of nitrogens with one attached hydrogen (secondary N) is 1. The van der Waals surface area contributed by atoms with Gasteiger partial charge in [0.25, 0.3) is 0 Å². The van der Waals surface area contributed by atoms with E-state index in [2.05, 4.69) is 15.2 Å². The second-order valence-electron chi connectivity index (χ2n) is 6.89. The fourth-order valence-electron chi connectivity index (χ4n) is 3.34. The standard InChI is InChI=1S/C20H25N3O4/c24-19(5-1-3-17-13-15(20(25)26)6-9-21-17)22-16-7-10-23(11-8-16)14-18-4-2-12-27-18/h2,4,6,9,12-13,16H,1,3,5,7-8,10-11,14H2,(H,22,24)(H,25,26). The molecule has 0 unspecified atom stereocenters. The molecule has 1 aliphatic rings. The number of aryl methyl sites for hydroxylation is 1. The highest BCUT2D eigenvalue weighted by Gasteiger charge is 2.21. The number of carbonyl (C=O) groups is 2. The molecule has 1 saturated heterocycles. The van der Waals surface area contributed by atoms with E-state index in [9.17, 15) is 9.59 Å². The minimum atomic E-state index is -0.963. The fraction of sp³-hybridized carbons (Fsp3) is 0.450. The molecular weight excluding hydrogens is 346 g/mol. The lowest BCUT2D eigenvalue weighted by Crippen LogP contribution is -2.44. The van der Waals surface area contributed by atoms with Crippen molar-refractivity contribution in [3.05, 3.63) is 53.7 Å². The number of carbonyl (C=O) groups excluding carboxylic acids is 1. The quantitative estimate of drug-likeness (QED) is 0.740. The van der Waals surface area contributed by atoms with E-state index in [1.54, 1.807) is 12.3 Å². The number of aromatic carboxylic acids is 1. The van der Waals surface area contributed by atoms with Gasteiger partial charge >= 0.3 is 5.97 Å². The molecule has 0 bridgehead atoms. The lowest BCUT2D eigenvalue weighted by atomic mass is 10.0. The Morgan fingerprint density at radius 2 is 2.11 bits per heavy atom. The number of amides is 1. The van der Waals surface area contributed by atoms with Crippen molar-refractivity contribution in [1.82, 2.24) is 15.2 Å². The lowest BCUT2D eigenvalue weighted by Gasteiger charge is -2.31. The molecule has 2 aromatic heterocycles. The van der Waals surface area contributed by atoms with Gasteiger partial charge in [0.15, 0.2) is 0 Å². The maximum Gasteiger partial charge on any atom is 0.335 e. The summed E-state index contributed by atoms with van der Waals surface area (Å²) in [5.74, 6) is 0.0571. The van der Waals surface area contributed by atoms with Crippen molar-refractivity contribution in [3.8, 4) is 0 Å². The van der Waals surface area contributed by atoms with Crippen LogP contribution in [0.2, 0.25) is 0 Å². The van der Waals surface area contributed by atoms with E-state index < -0.39 is 5.97 Å². The molecule has 2 aromatic rings. The fourth-order valence-corrected chi connectivity index (χ4v) is 3.34. The van der Waals surface area contributed by atoms with Crippen LogP contribution < -0.4 is 5.32 Å². The molecule has 0 atom stereocenters. The highest BCUT2D eigenvalue weighted by molar-refractivity contribution is 5.87. The Bertz CT molecular complexity index is 752. The summed E-state index contributed by atoms with van der Waals surface area (Å²) in [5.41, 5.74) is 0.930. The molecule has 0 spiro atoms. The minimum Gasteiger partial charge on any atom is -0.478 e. The van der Waals surface area contributed by atoms with Crippen LogP contribution >= 0.6 is 0 Å². The number of pyridine rings is 1. The largest absolute Gasteiger partial charge is 0.478 e. The van der Waals surface area contributed by atoms with Crippen LogP contribution in [-0.2, 0) is 17.8 Å². The molecule has 27 heavy (non-hydrogen) atoms. The van der Waals surface area contributed by atoms with Crippen molar-refractivity contribution in [3.63, 3.8) is 0 Å². The molecular formula is C20H25N3O4. The predicted molar refractivity (Wildman–Crippen MR) is 99.3 cm³/mol. The number of hydrogen-bond donors (Lipinski definition) is 2. The van der Waals surface area contributed by atoms with E-state index in [-0.39, 0.29) is 17.5 Å². The summed E-state index contributed by atoms with van der Waals surface area (Å²) in [4.78, 5) is 29.6. The number of nitrogens with zero attached hydrogens (tertiary/aromatic N) is 2. The van der Waals surface area contributed by atoms with Gasteiger partial charge in [-0.1, -0.05) is 0 Å². The van der Waals surface area contributed by atoms with Crippen molar-refractivity contribution < 1.29 is 19.1 Å². The molecule has 3 heterocycles. The zero-order valence-electron chi connectivity index (χ0n) is 15.3. The van der Waals surface area contributed by atoms with Crippen LogP contribution in [0.4, 0.5) is 0 Å². The number of likely N-dealkylation sites (tertiary alicyclic amines) is 1. The molecule has 0 saturated carbocycles. The van der Waals surface area contributed by atoms with Crippen molar-refractivity contribution in [2.24, 2.45) is 0 Å². The zero-order chi connectivity index (χ0) is 19.1. The predicted octanol–water partition coefficient (Wildman–Crippen LogP) is 2.48. The third kappa shape index (κ3) is 5.92. The number of carboxylic acids is 1. The number of aromatic nitrogens is 1. The first kappa shape index (κ1) is 19.1. The monoisotopic (exact) mass is 371 g/mol. The molecule has 0 radical (unpaired) electrons. The molecule has 0 aromatic carbocycles. The van der Waals surface area contributed by atoms with Crippen LogP contribution in [-0.4, -0.2) is 46.0 Å². The molecule has 7 nitrogen and oxygen atoms in total. The van der Waals surface area contributed by atoms with Crippen molar-refractivity contribution >= 4 is 11.9 Å². The van der Waals surface area contributed by atoms with Gasteiger partial charge in [0, 0.05) is 37.4 Å². The number of rotatable bonds is 8. The smallest absolute Gasteiger partial charge is 0.335 e. The van der Waals surface area contributed by atoms with Crippen molar-refractivity contribution in [2.45, 2.75) is 44.7 Å². The number of carboxylic acid groups (broad SMARTS) is 1. The highest BCUT2D eigenvalue weighted by atomic mass is 16.4. The van der Waals surface area contributed by atoms with Crippen molar-refractivity contribution in [2.75, 3.05) is 13.1 Å². The van der Waals surface area contributed by atoms with Gasteiger partial charge in [-0.3, -0.25) is 14.7 Å². The summed E-state index contributed by atoms with van der Waals surface area (Å²) >= 11 is 0. The van der Waals surface area contributed by atoms with E-state index in [1.807, 2.05) is 12.1 Å². The highest BCUT2D eigenvalue weighted by Crippen LogP contribution is 2.14. The van der Waals surface area contributed by atoms with Crippen LogP contribution in [0.25, 0.3) is 0 Å². The summed E-state index contributed by atoms with van der Waals surface area (Å²) in [6.45, 7) is 2.70. The van der Waals surface area contributed by atoms with E-state index >= 15 is 0 Å². The van der Waals surface area contributed by atoms with E-state index in [1.165, 1.54) is 12.3 Å². The molecule has 3 rings (SSSR count). The average molecular weight is 371 g/mol. The summed E-state index contributed by atoms with van der Waals surface area (Å²) in [7, 11) is 0. The Balaban J connectivity index is 1.34. The second kappa shape index (κ2) is 9.32. The summed E-state index contributed by atoms with van der Waals surface area (Å²) in [5, 5.41) is 12.1. The zero-order valence-corrected chi connectivity index (χ0v) is 15.3. The molecule has 1 amide bonds. The summed E-state index contributed by atoms with van der Waals surface area (Å²) in [6, 6.07) is 7.13. The Labute approximate surface area is 158 Å². The normalized spacial score (nSPS) is 15.6. The van der Waals surface area contributed by atoms with Gasteiger partial charge in [-0.25, -0.2) is 4.79 Å². The molecule has 1 aliphatic heterocycles. The van der Waals surface area contributed by atoms with Gasteiger partial charge in [-0.2, -0.15) is 0 Å². The Kier molecular flexibility index (Phi) is 6.59. The third-order valence-corrected chi connectivity index (χ3v) is 4.81. The maximum absolute atomic E-state index is 12.2. The molecule has 0 aliphatic carbocycles. The molecule has 1 fully saturated rings. The number of hydrogen-bond acceptors (Lipinski definition) is 5. The first-order valence-electron chi connectivity index (χ1n) is 9.32. The summed E-state index contributed by atoms with van der Waals surface area (Å²) in [6.07, 6.45) is 6.73. The first-order valence-corrected chi connectivity index (χ1v) is 9.32. The summed E-state index contributed by atoms with van der Waals surface area (Å²) < 4.78 is 5.38. The van der Waals surface area contributed by atoms with Crippen LogP contribution in [0, 0.1) is 0 Å². The number of piperidine rings is 1. The van der Waals surface area contributed by atoms with Gasteiger partial charge in [0.1, 0.15) is 5.76 Å². The van der Waals surface area contributed by atoms with Gasteiger partial charge in [-0.15, -0.1) is 0 Å². The van der Waals surface area contributed by atoms with Gasteiger partial charge in [0.2, 0.25) is 5.91 Å². The second-order valence-corrected chi connectivity index (χ2v) is 6.89. The minimum absolute atomic E-state index is 0.0499. The van der Waals surface area contributed by atoms with Crippen LogP contribution in [0.15, 0.2) is 41.1 Å². The van der Waals surface area contributed by atoms with Gasteiger partial charge in [-0.05, 0) is 49.9 Å². The molecule has 7 heteroatoms. The number of furan rings is 1. The van der Waals surface area contributed by atoms with E-state index in [0.29, 0.717) is 25.0 Å². The Morgan fingerprint density at radius 1 is 1.30 bits per heavy atom. The van der Waals surface area contributed by atoms with Crippen LogP contribution in [0.3, 0.4) is 0 Å². The maximum atomic E-state index is 12.2. The SMILES string of the molecule is O=C(CCCc1cc(C(=O)O)ccn1)NC1CCN(Cc2ccco2)CC1. The molecule has 2 N–H and O–H groups in total. The van der Waals surface area contributed by atoms with Gasteiger partial charge in [0.05, 0.1) is 18.4 Å². The lowest BCUT2D eigenvalue weighted by molar-refractivity contribution is -0.122. The van der Waals surface area contributed by atoms with Gasteiger partial charge < -0.3 is 14.8 Å². The van der Waals surface area contributed by atoms with Crippen LogP contribution in [0.5, 0.6) is 0 Å². The first-order chi connectivity index (χ1) is 13.1. The molecule has 144 valence electrons. The van der Waals surface area contributed by atoms with E-state index in [4.69, 9.17) is 9.52 Å². The van der Waals surface area contributed by atoms with E-state index in [0.717, 1.165) is 38.2 Å². The topological polar surface area (TPSA) is 95.7 Å². The Hall–Kier alpha value is -2.67. The Morgan fingerprint density at radius 3 is 2.81 bits per heavy atom.